The van der Waals surface area contributed by atoms with Crippen molar-refractivity contribution in [2.75, 3.05) is 13.1 Å². The second-order valence-corrected chi connectivity index (χ2v) is 6.28. The SMILES string of the molecule is C[C@H](O)c1onc(-c2ccccc2)c1C(=O)N1CCC(C(N)=O)CC1. The Morgan fingerprint density at radius 2 is 1.92 bits per heavy atom. The number of amides is 2. The van der Waals surface area contributed by atoms with Gasteiger partial charge in [-0.2, -0.15) is 0 Å². The number of likely N-dealkylation sites (tertiary alicyclic amines) is 1. The van der Waals surface area contributed by atoms with E-state index in [1.807, 2.05) is 30.3 Å². The van der Waals surface area contributed by atoms with E-state index in [0.717, 1.165) is 5.56 Å². The zero-order chi connectivity index (χ0) is 18.0. The summed E-state index contributed by atoms with van der Waals surface area (Å²) in [6.45, 7) is 2.40. The molecule has 1 fully saturated rings. The molecule has 7 heteroatoms. The molecular weight excluding hydrogens is 322 g/mol. The molecule has 132 valence electrons. The maximum absolute atomic E-state index is 13.1. The Hall–Kier alpha value is -2.67. The Bertz CT molecular complexity index is 762. The Labute approximate surface area is 145 Å². The molecule has 1 aliphatic heterocycles. The monoisotopic (exact) mass is 343 g/mol. The van der Waals surface area contributed by atoms with E-state index in [4.69, 9.17) is 10.3 Å². The molecule has 3 N–H and O–H groups in total. The molecule has 0 saturated carbocycles. The molecular formula is C18H21N3O4. The lowest BCUT2D eigenvalue weighted by molar-refractivity contribution is -0.123. The fourth-order valence-electron chi connectivity index (χ4n) is 3.11. The van der Waals surface area contributed by atoms with Gasteiger partial charge in [-0.25, -0.2) is 0 Å². The van der Waals surface area contributed by atoms with Crippen LogP contribution in [-0.4, -0.2) is 40.1 Å². The fraction of sp³-hybridized carbons (Fsp3) is 0.389. The van der Waals surface area contributed by atoms with Gasteiger partial charge in [0.25, 0.3) is 5.91 Å². The summed E-state index contributed by atoms with van der Waals surface area (Å²) in [7, 11) is 0. The molecule has 2 aromatic rings. The minimum atomic E-state index is -0.952. The van der Waals surface area contributed by atoms with Gasteiger partial charge in [0.15, 0.2) is 5.76 Å². The zero-order valence-corrected chi connectivity index (χ0v) is 14.0. The molecule has 1 aliphatic rings. The maximum atomic E-state index is 13.1. The van der Waals surface area contributed by atoms with E-state index in [9.17, 15) is 14.7 Å². The second-order valence-electron chi connectivity index (χ2n) is 6.28. The number of hydrogen-bond acceptors (Lipinski definition) is 5. The average Bonchev–Trinajstić information content (AvgIpc) is 3.07. The van der Waals surface area contributed by atoms with Crippen molar-refractivity contribution in [1.82, 2.24) is 10.1 Å². The summed E-state index contributed by atoms with van der Waals surface area (Å²) in [4.78, 5) is 26.0. The summed E-state index contributed by atoms with van der Waals surface area (Å²) >= 11 is 0. The van der Waals surface area contributed by atoms with Gasteiger partial charge in [0.1, 0.15) is 17.4 Å². The third-order valence-electron chi connectivity index (χ3n) is 4.54. The normalized spacial score (nSPS) is 16.6. The van der Waals surface area contributed by atoms with Crippen molar-refractivity contribution in [3.8, 4) is 11.3 Å². The van der Waals surface area contributed by atoms with Crippen LogP contribution in [0.2, 0.25) is 0 Å². The van der Waals surface area contributed by atoms with Crippen molar-refractivity contribution in [2.24, 2.45) is 11.7 Å². The Kier molecular flexibility index (Phi) is 4.85. The van der Waals surface area contributed by atoms with Crippen molar-refractivity contribution < 1.29 is 19.2 Å². The number of hydrogen-bond donors (Lipinski definition) is 2. The lowest BCUT2D eigenvalue weighted by Gasteiger charge is -2.30. The molecule has 0 aliphatic carbocycles. The Balaban J connectivity index is 1.92. The molecule has 0 bridgehead atoms. The van der Waals surface area contributed by atoms with Gasteiger partial charge in [0, 0.05) is 24.6 Å². The molecule has 2 heterocycles. The molecule has 1 aromatic carbocycles. The Morgan fingerprint density at radius 3 is 2.48 bits per heavy atom. The van der Waals surface area contributed by atoms with Gasteiger partial charge in [-0.3, -0.25) is 9.59 Å². The van der Waals surface area contributed by atoms with Crippen molar-refractivity contribution in [1.29, 1.82) is 0 Å². The van der Waals surface area contributed by atoms with E-state index in [-0.39, 0.29) is 29.1 Å². The summed E-state index contributed by atoms with van der Waals surface area (Å²) in [5.74, 6) is -0.622. The van der Waals surface area contributed by atoms with Gasteiger partial charge in [0.2, 0.25) is 5.91 Å². The van der Waals surface area contributed by atoms with Crippen LogP contribution in [0.4, 0.5) is 0 Å². The first-order valence-corrected chi connectivity index (χ1v) is 8.30. The van der Waals surface area contributed by atoms with Gasteiger partial charge >= 0.3 is 0 Å². The van der Waals surface area contributed by atoms with E-state index in [1.165, 1.54) is 6.92 Å². The minimum absolute atomic E-state index is 0.154. The third kappa shape index (κ3) is 3.41. The summed E-state index contributed by atoms with van der Waals surface area (Å²) < 4.78 is 5.26. The standard InChI is InChI=1S/C18H21N3O4/c1-11(22)16-14(15(20-25-16)12-5-3-2-4-6-12)18(24)21-9-7-13(8-10-21)17(19)23/h2-6,11,13,22H,7-10H2,1H3,(H2,19,23)/t11-/m0/s1. The highest BCUT2D eigenvalue weighted by molar-refractivity contribution is 6.01. The number of carbonyl (C=O) groups excluding carboxylic acids is 2. The highest BCUT2D eigenvalue weighted by Gasteiger charge is 2.32. The number of benzene rings is 1. The lowest BCUT2D eigenvalue weighted by Crippen LogP contribution is -2.42. The van der Waals surface area contributed by atoms with Gasteiger partial charge in [-0.15, -0.1) is 0 Å². The number of carbonyl (C=O) groups is 2. The second kappa shape index (κ2) is 7.06. The smallest absolute Gasteiger partial charge is 0.259 e. The highest BCUT2D eigenvalue weighted by Crippen LogP contribution is 2.31. The van der Waals surface area contributed by atoms with Gasteiger partial charge < -0.3 is 20.3 Å². The first-order valence-electron chi connectivity index (χ1n) is 8.30. The molecule has 7 nitrogen and oxygen atoms in total. The van der Waals surface area contributed by atoms with Crippen molar-refractivity contribution in [3.05, 3.63) is 41.7 Å². The first kappa shape index (κ1) is 17.2. The van der Waals surface area contributed by atoms with Crippen LogP contribution in [0.5, 0.6) is 0 Å². The number of aliphatic hydroxyl groups is 1. The van der Waals surface area contributed by atoms with Crippen LogP contribution in [0.15, 0.2) is 34.9 Å². The molecule has 0 spiro atoms. The number of nitrogens with two attached hydrogens (primary N) is 1. The molecule has 1 atom stereocenters. The average molecular weight is 343 g/mol. The van der Waals surface area contributed by atoms with Gasteiger partial charge in [-0.1, -0.05) is 35.5 Å². The number of aromatic nitrogens is 1. The summed E-state index contributed by atoms with van der Waals surface area (Å²) in [6.07, 6.45) is 0.126. The molecule has 1 aromatic heterocycles. The topological polar surface area (TPSA) is 110 Å². The summed E-state index contributed by atoms with van der Waals surface area (Å²) in [5.41, 5.74) is 6.78. The van der Waals surface area contributed by atoms with Crippen LogP contribution in [0.1, 0.15) is 42.0 Å². The van der Waals surface area contributed by atoms with E-state index in [0.29, 0.717) is 31.6 Å². The number of rotatable bonds is 4. The van der Waals surface area contributed by atoms with E-state index >= 15 is 0 Å². The predicted octanol–water partition coefficient (Wildman–Crippen LogP) is 1.73. The number of nitrogens with zero attached hydrogens (tertiary/aromatic N) is 2. The van der Waals surface area contributed by atoms with E-state index in [2.05, 4.69) is 5.16 Å². The van der Waals surface area contributed by atoms with Crippen LogP contribution in [0.3, 0.4) is 0 Å². The summed E-state index contributed by atoms with van der Waals surface area (Å²) in [6, 6.07) is 9.23. The fourth-order valence-corrected chi connectivity index (χ4v) is 3.11. The van der Waals surface area contributed by atoms with Gasteiger partial charge in [0.05, 0.1) is 0 Å². The van der Waals surface area contributed by atoms with Crippen LogP contribution < -0.4 is 5.73 Å². The first-order chi connectivity index (χ1) is 12.0. The van der Waals surface area contributed by atoms with Crippen molar-refractivity contribution >= 4 is 11.8 Å². The Morgan fingerprint density at radius 1 is 1.28 bits per heavy atom. The van der Waals surface area contributed by atoms with Crippen molar-refractivity contribution in [3.63, 3.8) is 0 Å². The molecule has 0 unspecified atom stereocenters. The van der Waals surface area contributed by atoms with Crippen LogP contribution >= 0.6 is 0 Å². The van der Waals surface area contributed by atoms with Crippen LogP contribution in [0, 0.1) is 5.92 Å². The maximum Gasteiger partial charge on any atom is 0.259 e. The third-order valence-corrected chi connectivity index (χ3v) is 4.54. The quantitative estimate of drug-likeness (QED) is 0.878. The number of primary amides is 1. The highest BCUT2D eigenvalue weighted by atomic mass is 16.5. The molecule has 1 saturated heterocycles. The van der Waals surface area contributed by atoms with Crippen molar-refractivity contribution in [2.45, 2.75) is 25.9 Å². The minimum Gasteiger partial charge on any atom is -0.385 e. The van der Waals surface area contributed by atoms with Crippen LogP contribution in [-0.2, 0) is 4.79 Å². The van der Waals surface area contributed by atoms with Crippen LogP contribution in [0.25, 0.3) is 11.3 Å². The largest absolute Gasteiger partial charge is 0.385 e. The predicted molar refractivity (Wildman–Crippen MR) is 90.4 cm³/mol. The molecule has 0 radical (unpaired) electrons. The number of piperidine rings is 1. The number of aliphatic hydroxyl groups excluding tert-OH is 1. The van der Waals surface area contributed by atoms with E-state index < -0.39 is 6.10 Å². The summed E-state index contributed by atoms with van der Waals surface area (Å²) in [5, 5.41) is 14.0. The molecule has 2 amide bonds. The zero-order valence-electron chi connectivity index (χ0n) is 14.0. The lowest BCUT2D eigenvalue weighted by atomic mass is 9.95. The molecule has 25 heavy (non-hydrogen) atoms. The van der Waals surface area contributed by atoms with Gasteiger partial charge in [-0.05, 0) is 19.8 Å². The molecule has 3 rings (SSSR count). The van der Waals surface area contributed by atoms with E-state index in [1.54, 1.807) is 4.90 Å².